The Morgan fingerprint density at radius 1 is 1.60 bits per heavy atom. The van der Waals surface area contributed by atoms with E-state index in [0.29, 0.717) is 0 Å². The maximum atomic E-state index is 11.6. The fourth-order valence-corrected chi connectivity index (χ4v) is 1.66. The molecule has 1 rings (SSSR count). The summed E-state index contributed by atoms with van der Waals surface area (Å²) >= 11 is 5.68. The van der Waals surface area contributed by atoms with Crippen LogP contribution < -0.4 is 4.90 Å². The summed E-state index contributed by atoms with van der Waals surface area (Å²) in [6.07, 6.45) is 1.02. The second-order valence-electron chi connectivity index (χ2n) is 4.13. The van der Waals surface area contributed by atoms with Crippen molar-refractivity contribution < 1.29 is 14.5 Å². The Bertz CT molecular complexity index is 509. The maximum absolute atomic E-state index is 11.6. The third-order valence-corrected chi connectivity index (χ3v) is 2.60. The molecule has 0 bridgehead atoms. The number of anilines is 1. The zero-order chi connectivity index (χ0) is 15.3. The lowest BCUT2D eigenvalue weighted by Gasteiger charge is -2.26. The Labute approximate surface area is 120 Å². The van der Waals surface area contributed by atoms with Crippen LogP contribution in [-0.4, -0.2) is 40.1 Å². The zero-order valence-corrected chi connectivity index (χ0v) is 12.1. The highest BCUT2D eigenvalue weighted by Gasteiger charge is 2.26. The molecule has 0 amide bonds. The third-order valence-electron chi connectivity index (χ3n) is 2.42. The van der Waals surface area contributed by atoms with Crippen molar-refractivity contribution in [3.8, 4) is 0 Å². The third kappa shape index (κ3) is 4.02. The number of nitro groups is 1. The second-order valence-corrected chi connectivity index (χ2v) is 4.47. The van der Waals surface area contributed by atoms with E-state index in [-0.39, 0.29) is 36.0 Å². The summed E-state index contributed by atoms with van der Waals surface area (Å²) in [6.45, 7) is 5.32. The molecule has 20 heavy (non-hydrogen) atoms. The van der Waals surface area contributed by atoms with Crippen LogP contribution in [0.5, 0.6) is 0 Å². The molecule has 1 heterocycles. The average molecular weight is 303 g/mol. The molecule has 0 unspecified atom stereocenters. The Balaban J connectivity index is 3.17. The van der Waals surface area contributed by atoms with Gasteiger partial charge < -0.3 is 9.64 Å². The van der Waals surface area contributed by atoms with E-state index in [0.717, 1.165) is 6.20 Å². The number of aromatic nitrogens is 2. The SMILES string of the molecule is CCOC(=O)CN(c1nc(Cl)ncc1[N+](=O)[O-])C(C)C. The van der Waals surface area contributed by atoms with E-state index in [4.69, 9.17) is 16.3 Å². The molecule has 110 valence electrons. The summed E-state index contributed by atoms with van der Waals surface area (Å²) in [5, 5.41) is 10.9. The van der Waals surface area contributed by atoms with Gasteiger partial charge in [-0.15, -0.1) is 0 Å². The largest absolute Gasteiger partial charge is 0.465 e. The lowest BCUT2D eigenvalue weighted by molar-refractivity contribution is -0.384. The van der Waals surface area contributed by atoms with Crippen LogP contribution >= 0.6 is 11.6 Å². The van der Waals surface area contributed by atoms with E-state index in [1.54, 1.807) is 20.8 Å². The summed E-state index contributed by atoms with van der Waals surface area (Å²) in [6, 6.07) is -0.205. The fraction of sp³-hybridized carbons (Fsp3) is 0.545. The second kappa shape index (κ2) is 6.99. The van der Waals surface area contributed by atoms with Gasteiger partial charge in [0.2, 0.25) is 11.1 Å². The number of nitrogens with zero attached hydrogens (tertiary/aromatic N) is 4. The van der Waals surface area contributed by atoms with E-state index in [1.807, 2.05) is 0 Å². The van der Waals surface area contributed by atoms with Gasteiger partial charge in [0.15, 0.2) is 0 Å². The van der Waals surface area contributed by atoms with Crippen LogP contribution in [0.15, 0.2) is 6.20 Å². The zero-order valence-electron chi connectivity index (χ0n) is 11.4. The highest BCUT2D eigenvalue weighted by molar-refractivity contribution is 6.28. The molecule has 0 saturated carbocycles. The van der Waals surface area contributed by atoms with Gasteiger partial charge in [-0.1, -0.05) is 0 Å². The minimum Gasteiger partial charge on any atom is -0.465 e. The van der Waals surface area contributed by atoms with Crippen LogP contribution in [0.1, 0.15) is 20.8 Å². The number of rotatable bonds is 6. The Morgan fingerprint density at radius 3 is 2.75 bits per heavy atom. The number of carbonyl (C=O) groups excluding carboxylic acids is 1. The number of esters is 1. The molecule has 0 spiro atoms. The summed E-state index contributed by atoms with van der Waals surface area (Å²) in [7, 11) is 0. The molecule has 1 aromatic heterocycles. The molecule has 0 aliphatic rings. The summed E-state index contributed by atoms with van der Waals surface area (Å²) < 4.78 is 4.85. The van der Waals surface area contributed by atoms with E-state index in [1.165, 1.54) is 4.90 Å². The Hall–Kier alpha value is -1.96. The molecule has 0 fully saturated rings. The predicted octanol–water partition coefficient (Wildman–Crippen LogP) is 1.82. The van der Waals surface area contributed by atoms with E-state index < -0.39 is 10.9 Å². The highest BCUT2D eigenvalue weighted by Crippen LogP contribution is 2.27. The Morgan fingerprint density at radius 2 is 2.25 bits per heavy atom. The molecule has 0 N–H and O–H groups in total. The lowest BCUT2D eigenvalue weighted by atomic mass is 10.3. The summed E-state index contributed by atoms with van der Waals surface area (Å²) in [5.41, 5.74) is -0.313. The summed E-state index contributed by atoms with van der Waals surface area (Å²) in [4.78, 5) is 30.9. The van der Waals surface area contributed by atoms with Crippen LogP contribution in [0.3, 0.4) is 0 Å². The number of halogens is 1. The van der Waals surface area contributed by atoms with Crippen LogP contribution in [0.2, 0.25) is 5.28 Å². The van der Waals surface area contributed by atoms with Crippen LogP contribution in [-0.2, 0) is 9.53 Å². The van der Waals surface area contributed by atoms with Crippen molar-refractivity contribution in [2.45, 2.75) is 26.8 Å². The lowest BCUT2D eigenvalue weighted by Crippen LogP contribution is -2.37. The molecule has 0 atom stereocenters. The van der Waals surface area contributed by atoms with Crippen molar-refractivity contribution in [1.82, 2.24) is 9.97 Å². The van der Waals surface area contributed by atoms with E-state index >= 15 is 0 Å². The van der Waals surface area contributed by atoms with Crippen LogP contribution in [0.25, 0.3) is 0 Å². The molecule has 0 radical (unpaired) electrons. The normalized spacial score (nSPS) is 10.4. The molecule has 0 aliphatic carbocycles. The maximum Gasteiger partial charge on any atom is 0.329 e. The van der Waals surface area contributed by atoms with Crippen molar-refractivity contribution >= 4 is 29.1 Å². The van der Waals surface area contributed by atoms with Crippen molar-refractivity contribution in [2.24, 2.45) is 0 Å². The smallest absolute Gasteiger partial charge is 0.329 e. The van der Waals surface area contributed by atoms with Gasteiger partial charge in [0.25, 0.3) is 0 Å². The predicted molar refractivity (Wildman–Crippen MR) is 72.8 cm³/mol. The number of carbonyl (C=O) groups is 1. The molecular weight excluding hydrogens is 288 g/mol. The van der Waals surface area contributed by atoms with Gasteiger partial charge >= 0.3 is 11.7 Å². The van der Waals surface area contributed by atoms with Gasteiger partial charge in [0.05, 0.1) is 11.5 Å². The number of ether oxygens (including phenoxy) is 1. The van der Waals surface area contributed by atoms with Gasteiger partial charge in [-0.3, -0.25) is 14.9 Å². The number of hydrogen-bond donors (Lipinski definition) is 0. The van der Waals surface area contributed by atoms with Crippen molar-refractivity contribution in [3.05, 3.63) is 21.6 Å². The minimum absolute atomic E-state index is 0.00180. The molecule has 9 heteroatoms. The Kier molecular flexibility index (Phi) is 5.63. The number of hydrogen-bond acceptors (Lipinski definition) is 7. The van der Waals surface area contributed by atoms with Crippen LogP contribution in [0, 0.1) is 10.1 Å². The quantitative estimate of drug-likeness (QED) is 0.342. The monoisotopic (exact) mass is 302 g/mol. The van der Waals surface area contributed by atoms with Crippen molar-refractivity contribution in [2.75, 3.05) is 18.1 Å². The summed E-state index contributed by atoms with van der Waals surface area (Å²) in [5.74, 6) is -0.497. The molecule has 0 aromatic carbocycles. The minimum atomic E-state index is -0.619. The van der Waals surface area contributed by atoms with Gasteiger partial charge in [0, 0.05) is 6.04 Å². The fourth-order valence-electron chi connectivity index (χ4n) is 1.53. The molecule has 1 aromatic rings. The first kappa shape index (κ1) is 16.1. The van der Waals surface area contributed by atoms with Crippen LogP contribution in [0.4, 0.5) is 11.5 Å². The highest BCUT2D eigenvalue weighted by atomic mass is 35.5. The van der Waals surface area contributed by atoms with E-state index in [2.05, 4.69) is 9.97 Å². The first-order valence-corrected chi connectivity index (χ1v) is 6.33. The first-order chi connectivity index (χ1) is 9.36. The molecular formula is C11H15ClN4O4. The van der Waals surface area contributed by atoms with Gasteiger partial charge in [0.1, 0.15) is 12.7 Å². The standard InChI is InChI=1S/C11H15ClN4O4/c1-4-20-9(17)6-15(7(2)3)10-8(16(18)19)5-13-11(12)14-10/h5,7H,4,6H2,1-3H3. The van der Waals surface area contributed by atoms with Gasteiger partial charge in [-0.2, -0.15) is 4.98 Å². The van der Waals surface area contributed by atoms with E-state index in [9.17, 15) is 14.9 Å². The first-order valence-electron chi connectivity index (χ1n) is 5.96. The average Bonchev–Trinajstić information content (AvgIpc) is 2.35. The van der Waals surface area contributed by atoms with Gasteiger partial charge in [-0.25, -0.2) is 4.98 Å². The van der Waals surface area contributed by atoms with Crippen molar-refractivity contribution in [3.63, 3.8) is 0 Å². The topological polar surface area (TPSA) is 98.5 Å². The molecule has 0 aliphatic heterocycles. The molecule has 0 saturated heterocycles. The molecule has 8 nitrogen and oxygen atoms in total. The van der Waals surface area contributed by atoms with Crippen molar-refractivity contribution in [1.29, 1.82) is 0 Å². The van der Waals surface area contributed by atoms with Gasteiger partial charge in [-0.05, 0) is 32.4 Å².